The first-order valence-corrected chi connectivity index (χ1v) is 26.4. The topological polar surface area (TPSA) is 0 Å². The molecular weight excluding hydrogens is 554 g/mol. The molecule has 56 valence electrons. The van der Waals surface area contributed by atoms with Crippen LogP contribution in [0.15, 0.2) is 0 Å². The minimum absolute atomic E-state index is 0.690. The van der Waals surface area contributed by atoms with Crippen LogP contribution in [0.1, 0.15) is 25.7 Å². The Labute approximate surface area is 79.6 Å². The Bertz CT molecular complexity index is 134. The van der Waals surface area contributed by atoms with E-state index < -0.39 is 37.6 Å². The van der Waals surface area contributed by atoms with E-state index in [0.717, 1.165) is 0 Å². The molecular formula is C6H10Bi2S2. The van der Waals surface area contributed by atoms with Gasteiger partial charge >= 0.3 is 81.1 Å². The Balaban J connectivity index is 1.51. The Morgan fingerprint density at radius 1 is 0.800 bits per heavy atom. The minimum atomic E-state index is -0.690. The molecule has 0 aromatic rings. The second-order valence-electron chi connectivity index (χ2n) is 3.20. The van der Waals surface area contributed by atoms with Crippen LogP contribution in [-0.4, -0.2) is 37.6 Å². The molecule has 0 aromatic carbocycles. The Morgan fingerprint density at radius 2 is 1.20 bits per heavy atom. The fraction of sp³-hybridized carbons (Fsp3) is 1.00. The number of hydrogen-bond acceptors (Lipinski definition) is 2. The van der Waals surface area contributed by atoms with Crippen molar-refractivity contribution in [2.45, 2.75) is 32.9 Å². The van der Waals surface area contributed by atoms with Crippen molar-refractivity contribution in [3.63, 3.8) is 0 Å². The van der Waals surface area contributed by atoms with Gasteiger partial charge in [0.1, 0.15) is 0 Å². The second kappa shape index (κ2) is 3.00. The van der Waals surface area contributed by atoms with Crippen molar-refractivity contribution >= 4 is 48.2 Å². The molecule has 0 spiro atoms. The van der Waals surface area contributed by atoms with E-state index in [1.807, 2.05) is 0 Å². The van der Waals surface area contributed by atoms with Crippen LogP contribution in [0.25, 0.3) is 0 Å². The van der Waals surface area contributed by atoms with Gasteiger partial charge in [-0.1, -0.05) is 0 Å². The average molecular weight is 564 g/mol. The summed E-state index contributed by atoms with van der Waals surface area (Å²) < 4.78 is 2.77. The molecule has 0 N–H and O–H groups in total. The van der Waals surface area contributed by atoms with Gasteiger partial charge in [0.15, 0.2) is 0 Å². The molecule has 3 rings (SSSR count). The zero-order valence-corrected chi connectivity index (χ0v) is 14.3. The van der Waals surface area contributed by atoms with Crippen LogP contribution in [0.3, 0.4) is 0 Å². The van der Waals surface area contributed by atoms with Crippen molar-refractivity contribution in [3.05, 3.63) is 0 Å². The van der Waals surface area contributed by atoms with Crippen LogP contribution in [0, 0.1) is 0 Å². The summed E-state index contributed by atoms with van der Waals surface area (Å²) in [6.45, 7) is 0. The molecule has 2 saturated carbocycles. The van der Waals surface area contributed by atoms with E-state index in [-0.39, 0.29) is 0 Å². The molecule has 1 aliphatic heterocycles. The van der Waals surface area contributed by atoms with E-state index >= 15 is 0 Å². The molecule has 1 heterocycles. The van der Waals surface area contributed by atoms with E-state index in [9.17, 15) is 0 Å². The molecule has 0 bridgehead atoms. The molecule has 4 heteroatoms. The molecule has 1 saturated heterocycles. The van der Waals surface area contributed by atoms with E-state index in [1.54, 1.807) is 25.7 Å². The maximum absolute atomic E-state index is 2.69. The average Bonchev–Trinajstić information content (AvgIpc) is 2.51. The predicted molar refractivity (Wildman–Crippen MR) is 52.7 cm³/mol. The summed E-state index contributed by atoms with van der Waals surface area (Å²) in [6.07, 6.45) is 6.61. The van der Waals surface area contributed by atoms with Crippen molar-refractivity contribution in [1.29, 1.82) is 0 Å². The van der Waals surface area contributed by atoms with Crippen molar-refractivity contribution in [2.24, 2.45) is 0 Å². The Kier molecular flexibility index (Phi) is 2.35. The molecule has 10 heavy (non-hydrogen) atoms. The van der Waals surface area contributed by atoms with Gasteiger partial charge in [-0.25, -0.2) is 0 Å². The zero-order chi connectivity index (χ0) is 6.55. The van der Waals surface area contributed by atoms with Crippen LogP contribution in [0.2, 0.25) is 7.25 Å². The van der Waals surface area contributed by atoms with Gasteiger partial charge in [0.2, 0.25) is 0 Å². The van der Waals surface area contributed by atoms with Gasteiger partial charge in [0.05, 0.1) is 0 Å². The molecule has 0 amide bonds. The molecule has 3 aliphatic rings. The summed E-state index contributed by atoms with van der Waals surface area (Å²) in [4.78, 5) is 0. The SMILES string of the molecule is C1C[CH]1[Bi]1[S][Bi]([CH]2CC2)[S]1. The van der Waals surface area contributed by atoms with Crippen LogP contribution < -0.4 is 0 Å². The summed E-state index contributed by atoms with van der Waals surface area (Å²) in [6, 6.07) is 0. The monoisotopic (exact) mass is 564 g/mol. The zero-order valence-electron chi connectivity index (χ0n) is 5.69. The first-order chi connectivity index (χ1) is 4.93. The van der Waals surface area contributed by atoms with Crippen molar-refractivity contribution in [2.75, 3.05) is 0 Å². The fourth-order valence-corrected chi connectivity index (χ4v) is 163. The molecule has 0 atom stereocenters. The summed E-state index contributed by atoms with van der Waals surface area (Å²) in [7, 11) is 0. The normalized spacial score (nSPS) is 36.0. The van der Waals surface area contributed by atoms with Gasteiger partial charge in [-0.05, 0) is 0 Å². The third-order valence-electron chi connectivity index (χ3n) is 2.01. The summed E-state index contributed by atoms with van der Waals surface area (Å²) in [5.41, 5.74) is 0. The predicted octanol–water partition coefficient (Wildman–Crippen LogP) is 2.77. The van der Waals surface area contributed by atoms with Gasteiger partial charge in [0, 0.05) is 0 Å². The first-order valence-electron chi connectivity index (χ1n) is 3.88. The number of hydrogen-bond donors (Lipinski definition) is 0. The molecule has 0 unspecified atom stereocenters. The van der Waals surface area contributed by atoms with E-state index in [0.29, 0.717) is 0 Å². The van der Waals surface area contributed by atoms with Gasteiger partial charge < -0.3 is 0 Å². The molecule has 2 aliphatic carbocycles. The van der Waals surface area contributed by atoms with Crippen molar-refractivity contribution < 1.29 is 0 Å². The van der Waals surface area contributed by atoms with Gasteiger partial charge in [0.25, 0.3) is 0 Å². The quantitative estimate of drug-likeness (QED) is 0.474. The molecule has 0 nitrogen and oxygen atoms in total. The van der Waals surface area contributed by atoms with E-state index in [1.165, 1.54) is 7.25 Å². The standard InChI is InChI=1S/2C3H5.2Bi.2S/c2*1-2-3-1;;;;/h2*1H,2-3H2;;;;. The molecule has 3 fully saturated rings. The third kappa shape index (κ3) is 1.57. The van der Waals surface area contributed by atoms with Crippen LogP contribution in [0.5, 0.6) is 0 Å². The van der Waals surface area contributed by atoms with Crippen molar-refractivity contribution in [3.8, 4) is 0 Å². The van der Waals surface area contributed by atoms with Gasteiger partial charge in [-0.2, -0.15) is 0 Å². The first kappa shape index (κ1) is 7.83. The van der Waals surface area contributed by atoms with E-state index in [4.69, 9.17) is 0 Å². The Morgan fingerprint density at radius 3 is 1.50 bits per heavy atom. The van der Waals surface area contributed by atoms with E-state index in [2.05, 4.69) is 10.5 Å². The fourth-order valence-electron chi connectivity index (χ4n) is 1.00. The van der Waals surface area contributed by atoms with Gasteiger partial charge in [-0.15, -0.1) is 0 Å². The maximum atomic E-state index is 2.69. The van der Waals surface area contributed by atoms with Gasteiger partial charge in [-0.3, -0.25) is 0 Å². The third-order valence-corrected chi connectivity index (χ3v) is 157. The molecule has 0 radical (unpaired) electrons. The second-order valence-corrected chi connectivity index (χ2v) is 68.7. The van der Waals surface area contributed by atoms with Crippen LogP contribution in [0.4, 0.5) is 0 Å². The van der Waals surface area contributed by atoms with Crippen molar-refractivity contribution in [1.82, 2.24) is 0 Å². The number of rotatable bonds is 2. The summed E-state index contributed by atoms with van der Waals surface area (Å²) in [5, 5.41) is 5.37. The Hall–Kier alpha value is 2.47. The summed E-state index contributed by atoms with van der Waals surface area (Å²) >= 11 is -1.38. The van der Waals surface area contributed by atoms with Crippen LogP contribution >= 0.6 is 10.5 Å². The van der Waals surface area contributed by atoms with Crippen LogP contribution in [-0.2, 0) is 0 Å². The molecule has 0 aromatic heterocycles. The summed E-state index contributed by atoms with van der Waals surface area (Å²) in [5.74, 6) is 0.